The molecule has 0 unspecified atom stereocenters. The van der Waals surface area contributed by atoms with Gasteiger partial charge >= 0.3 is 0 Å². The third-order valence-electron chi connectivity index (χ3n) is 5.29. The molecule has 1 aromatic carbocycles. The Labute approximate surface area is 183 Å². The quantitative estimate of drug-likeness (QED) is 0.187. The molecule has 1 aromatic rings. The number of rotatable bonds is 18. The molecule has 0 aliphatic heterocycles. The molecule has 0 radical (unpaired) electrons. The predicted octanol–water partition coefficient (Wildman–Crippen LogP) is 9.14. The lowest BCUT2D eigenvalue weighted by atomic mass is 10.1. The van der Waals surface area contributed by atoms with Gasteiger partial charge in [0.25, 0.3) is 0 Å². The van der Waals surface area contributed by atoms with E-state index in [0.29, 0.717) is 10.3 Å². The predicted molar refractivity (Wildman–Crippen MR) is 132 cm³/mol. The lowest BCUT2D eigenvalue weighted by Crippen LogP contribution is -1.96. The first-order chi connectivity index (χ1) is 13.7. The molecule has 0 aromatic heterocycles. The largest absolute Gasteiger partial charge is 0.508 e. The van der Waals surface area contributed by atoms with Crippen molar-refractivity contribution >= 4 is 23.5 Å². The van der Waals surface area contributed by atoms with Crippen LogP contribution in [0.3, 0.4) is 0 Å². The van der Waals surface area contributed by atoms with Gasteiger partial charge < -0.3 is 5.11 Å². The lowest BCUT2D eigenvalue weighted by Gasteiger charge is -2.18. The zero-order valence-corrected chi connectivity index (χ0v) is 20.3. The van der Waals surface area contributed by atoms with Gasteiger partial charge in [0, 0.05) is 0 Å². The molecule has 3 heteroatoms. The van der Waals surface area contributed by atoms with Gasteiger partial charge in [-0.25, -0.2) is 0 Å². The molecule has 0 fully saturated rings. The number of aryl methyl sites for hydroxylation is 1. The third kappa shape index (κ3) is 11.7. The molecule has 0 atom stereocenters. The summed E-state index contributed by atoms with van der Waals surface area (Å²) < 4.78 is 0.511. The van der Waals surface area contributed by atoms with Crippen molar-refractivity contribution in [3.63, 3.8) is 0 Å². The summed E-state index contributed by atoms with van der Waals surface area (Å²) in [6.45, 7) is 6.69. The van der Waals surface area contributed by atoms with Crippen molar-refractivity contribution in [1.82, 2.24) is 0 Å². The van der Waals surface area contributed by atoms with Gasteiger partial charge in [-0.15, -0.1) is 23.5 Å². The van der Waals surface area contributed by atoms with Crippen molar-refractivity contribution in [2.24, 2.45) is 0 Å². The molecule has 0 saturated heterocycles. The maximum atomic E-state index is 10.0. The van der Waals surface area contributed by atoms with Crippen LogP contribution in [0.4, 0.5) is 0 Å². The standard InChI is InChI=1S/C25H44OS2/c1-4-7-9-11-13-15-19-27-25(28-20-16-14-12-10-8-5-2)23-17-18-24(26)22(6-3)21-23/h17-18,21,25-26H,4-16,19-20H2,1-3H3. The topological polar surface area (TPSA) is 20.2 Å². The zero-order chi connectivity index (χ0) is 20.5. The van der Waals surface area contributed by atoms with Gasteiger partial charge in [0.15, 0.2) is 0 Å². The summed E-state index contributed by atoms with van der Waals surface area (Å²) in [5.41, 5.74) is 2.48. The zero-order valence-electron chi connectivity index (χ0n) is 18.7. The minimum absolute atomic E-state index is 0.451. The molecular formula is C25H44OS2. The first kappa shape index (κ1) is 25.8. The summed E-state index contributed by atoms with van der Waals surface area (Å²) in [7, 11) is 0. The molecule has 1 rings (SSSR count). The second kappa shape index (κ2) is 17.6. The van der Waals surface area contributed by atoms with E-state index >= 15 is 0 Å². The maximum Gasteiger partial charge on any atom is 0.118 e. The summed E-state index contributed by atoms with van der Waals surface area (Å²) in [5, 5.41) is 10.0. The first-order valence-electron chi connectivity index (χ1n) is 11.8. The molecule has 0 aliphatic carbocycles. The van der Waals surface area contributed by atoms with Crippen LogP contribution >= 0.6 is 23.5 Å². The van der Waals surface area contributed by atoms with E-state index in [1.54, 1.807) is 0 Å². The summed E-state index contributed by atoms with van der Waals surface area (Å²) in [4.78, 5) is 0. The third-order valence-corrected chi connectivity index (χ3v) is 8.31. The van der Waals surface area contributed by atoms with Crippen LogP contribution in [0, 0.1) is 0 Å². The average molecular weight is 425 g/mol. The number of aromatic hydroxyl groups is 1. The van der Waals surface area contributed by atoms with Crippen molar-refractivity contribution in [3.05, 3.63) is 29.3 Å². The lowest BCUT2D eigenvalue weighted by molar-refractivity contribution is 0.468. The van der Waals surface area contributed by atoms with Gasteiger partial charge in [0.1, 0.15) is 5.75 Å². The molecule has 0 spiro atoms. The highest BCUT2D eigenvalue weighted by Crippen LogP contribution is 2.41. The summed E-state index contributed by atoms with van der Waals surface area (Å²) in [5.74, 6) is 2.96. The molecule has 0 bridgehead atoms. The van der Waals surface area contributed by atoms with Crippen LogP contribution in [-0.4, -0.2) is 16.6 Å². The average Bonchev–Trinajstić information content (AvgIpc) is 2.71. The normalized spacial score (nSPS) is 11.4. The molecule has 1 nitrogen and oxygen atoms in total. The summed E-state index contributed by atoms with van der Waals surface area (Å²) in [6.07, 6.45) is 17.3. The molecule has 0 aliphatic rings. The van der Waals surface area contributed by atoms with E-state index in [-0.39, 0.29) is 0 Å². The van der Waals surface area contributed by atoms with Crippen LogP contribution in [0.1, 0.15) is 114 Å². The van der Waals surface area contributed by atoms with Crippen LogP contribution in [0.2, 0.25) is 0 Å². The number of hydrogen-bond acceptors (Lipinski definition) is 3. The van der Waals surface area contributed by atoms with Gasteiger partial charge in [-0.2, -0.15) is 0 Å². The Morgan fingerprint density at radius 1 is 0.714 bits per heavy atom. The van der Waals surface area contributed by atoms with E-state index in [4.69, 9.17) is 0 Å². The Hall–Kier alpha value is -0.280. The second-order valence-electron chi connectivity index (χ2n) is 7.85. The highest BCUT2D eigenvalue weighted by Gasteiger charge is 2.14. The second-order valence-corrected chi connectivity index (χ2v) is 10.6. The molecular weight excluding hydrogens is 380 g/mol. The van der Waals surface area contributed by atoms with Gasteiger partial charge in [-0.3, -0.25) is 0 Å². The number of phenolic OH excluding ortho intramolecular Hbond substituents is 1. The number of thioether (sulfide) groups is 2. The van der Waals surface area contributed by atoms with E-state index in [1.165, 1.54) is 94.1 Å². The summed E-state index contributed by atoms with van der Waals surface area (Å²) in [6, 6.07) is 6.28. The fourth-order valence-corrected chi connectivity index (χ4v) is 6.23. The maximum absolute atomic E-state index is 10.0. The van der Waals surface area contributed by atoms with Gasteiger partial charge in [-0.05, 0) is 48.0 Å². The SMILES string of the molecule is CCCCCCCCSC(SCCCCCCCC)c1ccc(O)c(CC)c1. The van der Waals surface area contributed by atoms with Crippen molar-refractivity contribution < 1.29 is 5.11 Å². The number of phenols is 1. The monoisotopic (exact) mass is 424 g/mol. The summed E-state index contributed by atoms with van der Waals surface area (Å²) >= 11 is 4.23. The van der Waals surface area contributed by atoms with E-state index in [2.05, 4.69) is 56.4 Å². The van der Waals surface area contributed by atoms with Crippen LogP contribution in [0.5, 0.6) is 5.75 Å². The number of benzene rings is 1. The van der Waals surface area contributed by atoms with Gasteiger partial charge in [0.2, 0.25) is 0 Å². The highest BCUT2D eigenvalue weighted by atomic mass is 32.2. The van der Waals surface area contributed by atoms with Gasteiger partial charge in [-0.1, -0.05) is 97.1 Å². The fourth-order valence-electron chi connectivity index (χ4n) is 3.42. The van der Waals surface area contributed by atoms with Crippen LogP contribution in [0.15, 0.2) is 18.2 Å². The molecule has 0 heterocycles. The van der Waals surface area contributed by atoms with Crippen LogP contribution in [0.25, 0.3) is 0 Å². The molecule has 0 saturated carbocycles. The van der Waals surface area contributed by atoms with Gasteiger partial charge in [0.05, 0.1) is 4.58 Å². The molecule has 162 valence electrons. The highest BCUT2D eigenvalue weighted by molar-refractivity contribution is 8.16. The van der Waals surface area contributed by atoms with Crippen molar-refractivity contribution in [1.29, 1.82) is 0 Å². The van der Waals surface area contributed by atoms with Crippen molar-refractivity contribution in [2.45, 2.75) is 109 Å². The van der Waals surface area contributed by atoms with Crippen molar-refractivity contribution in [2.75, 3.05) is 11.5 Å². The van der Waals surface area contributed by atoms with E-state index in [0.717, 1.165) is 12.0 Å². The molecule has 0 amide bonds. The Bertz CT molecular complexity index is 471. The molecule has 1 N–H and O–H groups in total. The minimum atomic E-state index is 0.451. The van der Waals surface area contributed by atoms with E-state index < -0.39 is 0 Å². The Morgan fingerprint density at radius 2 is 1.21 bits per heavy atom. The Balaban J connectivity index is 2.45. The Morgan fingerprint density at radius 3 is 1.71 bits per heavy atom. The van der Waals surface area contributed by atoms with Crippen molar-refractivity contribution in [3.8, 4) is 5.75 Å². The van der Waals surface area contributed by atoms with Crippen LogP contribution < -0.4 is 0 Å². The van der Waals surface area contributed by atoms with Crippen LogP contribution in [-0.2, 0) is 6.42 Å². The minimum Gasteiger partial charge on any atom is -0.508 e. The number of hydrogen-bond donors (Lipinski definition) is 1. The number of unbranched alkanes of at least 4 members (excludes halogenated alkanes) is 10. The fraction of sp³-hybridized carbons (Fsp3) is 0.760. The Kier molecular flexibility index (Phi) is 16.2. The van der Waals surface area contributed by atoms with E-state index in [1.807, 2.05) is 6.07 Å². The smallest absolute Gasteiger partial charge is 0.118 e. The first-order valence-corrected chi connectivity index (χ1v) is 13.9. The van der Waals surface area contributed by atoms with E-state index in [9.17, 15) is 5.11 Å². The molecule has 28 heavy (non-hydrogen) atoms.